The van der Waals surface area contributed by atoms with Crippen LogP contribution in [0.3, 0.4) is 0 Å². The van der Waals surface area contributed by atoms with Crippen molar-refractivity contribution in [2.75, 3.05) is 13.7 Å². The smallest absolute Gasteiger partial charge is 0.328 e. The molecule has 1 aromatic carbocycles. The van der Waals surface area contributed by atoms with E-state index in [1.54, 1.807) is 25.3 Å². The molecule has 0 unspecified atom stereocenters. The van der Waals surface area contributed by atoms with Gasteiger partial charge >= 0.3 is 5.97 Å². The van der Waals surface area contributed by atoms with E-state index < -0.39 is 5.97 Å². The maximum Gasteiger partial charge on any atom is 0.328 e. The normalized spacial score (nSPS) is 10.6. The molecule has 0 radical (unpaired) electrons. The zero-order valence-corrected chi connectivity index (χ0v) is 10.7. The van der Waals surface area contributed by atoms with Crippen molar-refractivity contribution in [2.24, 2.45) is 0 Å². The molecule has 0 saturated heterocycles. The summed E-state index contributed by atoms with van der Waals surface area (Å²) < 4.78 is 10.8. The lowest BCUT2D eigenvalue weighted by Gasteiger charge is -2.10. The Morgan fingerprint density at radius 2 is 2.17 bits per heavy atom. The summed E-state index contributed by atoms with van der Waals surface area (Å²) in [6.07, 6.45) is 4.64. The number of unbranched alkanes of at least 4 members (excludes halogenated alkanes) is 1. The highest BCUT2D eigenvalue weighted by Crippen LogP contribution is 2.28. The van der Waals surface area contributed by atoms with E-state index in [-0.39, 0.29) is 0 Å². The Bertz CT molecular complexity index is 424. The number of carboxylic acid groups (broad SMARTS) is 1. The minimum absolute atomic E-state index is 0.624. The lowest BCUT2D eigenvalue weighted by atomic mass is 10.2. The van der Waals surface area contributed by atoms with E-state index in [4.69, 9.17) is 14.6 Å². The van der Waals surface area contributed by atoms with Crippen LogP contribution in [0, 0.1) is 0 Å². The van der Waals surface area contributed by atoms with Gasteiger partial charge in [0.05, 0.1) is 13.7 Å². The van der Waals surface area contributed by atoms with Crippen molar-refractivity contribution < 1.29 is 19.4 Å². The fourth-order valence-corrected chi connectivity index (χ4v) is 1.40. The summed E-state index contributed by atoms with van der Waals surface area (Å²) in [7, 11) is 1.58. The number of methoxy groups -OCH3 is 1. The van der Waals surface area contributed by atoms with Gasteiger partial charge in [0.25, 0.3) is 0 Å². The van der Waals surface area contributed by atoms with Gasteiger partial charge in [-0.1, -0.05) is 19.4 Å². The molecule has 98 valence electrons. The van der Waals surface area contributed by atoms with Crippen LogP contribution in [0.15, 0.2) is 24.3 Å². The highest BCUT2D eigenvalue weighted by atomic mass is 16.5. The molecule has 18 heavy (non-hydrogen) atoms. The van der Waals surface area contributed by atoms with Crippen molar-refractivity contribution in [3.05, 3.63) is 29.8 Å². The Morgan fingerprint density at radius 3 is 2.78 bits per heavy atom. The van der Waals surface area contributed by atoms with E-state index in [2.05, 4.69) is 6.92 Å². The van der Waals surface area contributed by atoms with Gasteiger partial charge in [-0.25, -0.2) is 4.79 Å². The first kappa shape index (κ1) is 14.1. The molecule has 0 atom stereocenters. The largest absolute Gasteiger partial charge is 0.493 e. The number of rotatable bonds is 7. The van der Waals surface area contributed by atoms with Crippen molar-refractivity contribution >= 4 is 12.0 Å². The maximum absolute atomic E-state index is 10.4. The Kier molecular flexibility index (Phi) is 5.77. The zero-order valence-electron chi connectivity index (χ0n) is 10.7. The highest BCUT2D eigenvalue weighted by Gasteiger charge is 2.04. The number of ether oxygens (including phenoxy) is 2. The fraction of sp³-hybridized carbons (Fsp3) is 0.357. The van der Waals surface area contributed by atoms with Gasteiger partial charge in [-0.15, -0.1) is 0 Å². The Morgan fingerprint density at radius 1 is 1.39 bits per heavy atom. The first-order valence-corrected chi connectivity index (χ1v) is 5.89. The molecular formula is C14H18O4. The summed E-state index contributed by atoms with van der Waals surface area (Å²) in [5.41, 5.74) is 0.768. The van der Waals surface area contributed by atoms with Gasteiger partial charge < -0.3 is 14.6 Å². The monoisotopic (exact) mass is 250 g/mol. The first-order chi connectivity index (χ1) is 8.67. The van der Waals surface area contributed by atoms with Gasteiger partial charge in [0, 0.05) is 6.08 Å². The third-order valence-electron chi connectivity index (χ3n) is 2.36. The minimum Gasteiger partial charge on any atom is -0.493 e. The van der Waals surface area contributed by atoms with E-state index in [1.807, 2.05) is 0 Å². The molecule has 1 N–H and O–H groups in total. The van der Waals surface area contributed by atoms with Crippen LogP contribution in [0.25, 0.3) is 6.08 Å². The number of hydrogen-bond acceptors (Lipinski definition) is 3. The Balaban J connectivity index is 2.83. The van der Waals surface area contributed by atoms with E-state index in [9.17, 15) is 4.79 Å². The van der Waals surface area contributed by atoms with Crippen LogP contribution in [-0.4, -0.2) is 24.8 Å². The standard InChI is InChI=1S/C14H18O4/c1-3-4-9-18-13-10-11(6-8-14(15)16)5-7-12(13)17-2/h5-8,10H,3-4,9H2,1-2H3,(H,15,16)/b8-6+. The predicted octanol–water partition coefficient (Wildman–Crippen LogP) is 2.97. The Hall–Kier alpha value is -1.97. The van der Waals surface area contributed by atoms with Gasteiger partial charge in [0.1, 0.15) is 0 Å². The van der Waals surface area contributed by atoms with E-state index >= 15 is 0 Å². The molecule has 0 amide bonds. The quantitative estimate of drug-likeness (QED) is 0.597. The van der Waals surface area contributed by atoms with Crippen LogP contribution < -0.4 is 9.47 Å². The molecule has 1 aromatic rings. The third-order valence-corrected chi connectivity index (χ3v) is 2.36. The molecule has 0 aliphatic heterocycles. The second-order valence-electron chi connectivity index (χ2n) is 3.78. The van der Waals surface area contributed by atoms with Crippen LogP contribution in [0.2, 0.25) is 0 Å². The summed E-state index contributed by atoms with van der Waals surface area (Å²) in [5, 5.41) is 8.58. The molecule has 0 aromatic heterocycles. The van der Waals surface area contributed by atoms with Gasteiger partial charge in [-0.05, 0) is 30.2 Å². The molecule has 1 rings (SSSR count). The number of hydrogen-bond donors (Lipinski definition) is 1. The SMILES string of the molecule is CCCCOc1cc(/C=C/C(=O)O)ccc1OC. The second-order valence-corrected chi connectivity index (χ2v) is 3.78. The fourth-order valence-electron chi connectivity index (χ4n) is 1.40. The number of aliphatic carboxylic acids is 1. The van der Waals surface area contributed by atoms with Crippen molar-refractivity contribution in [1.82, 2.24) is 0 Å². The molecule has 0 spiro atoms. The molecule has 0 aliphatic rings. The van der Waals surface area contributed by atoms with Crippen LogP contribution >= 0.6 is 0 Å². The molecule has 0 heterocycles. The lowest BCUT2D eigenvalue weighted by molar-refractivity contribution is -0.131. The molecular weight excluding hydrogens is 232 g/mol. The summed E-state index contributed by atoms with van der Waals surface area (Å²) in [4.78, 5) is 10.4. The molecule has 0 bridgehead atoms. The third kappa shape index (κ3) is 4.49. The van der Waals surface area contributed by atoms with Crippen LogP contribution in [0.4, 0.5) is 0 Å². The van der Waals surface area contributed by atoms with Gasteiger partial charge in [-0.3, -0.25) is 0 Å². The predicted molar refractivity (Wildman–Crippen MR) is 70.1 cm³/mol. The summed E-state index contributed by atoms with van der Waals surface area (Å²) in [5.74, 6) is 0.316. The second kappa shape index (κ2) is 7.37. The van der Waals surface area contributed by atoms with Gasteiger partial charge in [-0.2, -0.15) is 0 Å². The molecule has 0 fully saturated rings. The summed E-state index contributed by atoms with van der Waals surface area (Å²) in [6, 6.07) is 5.32. The molecule has 4 heteroatoms. The summed E-state index contributed by atoms with van der Waals surface area (Å²) in [6.45, 7) is 2.71. The van der Waals surface area contributed by atoms with Crippen molar-refractivity contribution in [3.8, 4) is 11.5 Å². The van der Waals surface area contributed by atoms with Crippen LogP contribution in [0.5, 0.6) is 11.5 Å². The zero-order chi connectivity index (χ0) is 13.4. The molecule has 0 saturated carbocycles. The molecule has 4 nitrogen and oxygen atoms in total. The first-order valence-electron chi connectivity index (χ1n) is 5.89. The van der Waals surface area contributed by atoms with Crippen molar-refractivity contribution in [2.45, 2.75) is 19.8 Å². The number of carboxylic acids is 1. The lowest BCUT2D eigenvalue weighted by Crippen LogP contribution is -1.99. The highest BCUT2D eigenvalue weighted by molar-refractivity contribution is 5.85. The topological polar surface area (TPSA) is 55.8 Å². The van der Waals surface area contributed by atoms with Crippen molar-refractivity contribution in [1.29, 1.82) is 0 Å². The van der Waals surface area contributed by atoms with Gasteiger partial charge in [0.2, 0.25) is 0 Å². The summed E-state index contributed by atoms with van der Waals surface area (Å²) >= 11 is 0. The van der Waals surface area contributed by atoms with E-state index in [0.29, 0.717) is 18.1 Å². The average Bonchev–Trinajstić information content (AvgIpc) is 2.37. The van der Waals surface area contributed by atoms with Crippen LogP contribution in [0.1, 0.15) is 25.3 Å². The maximum atomic E-state index is 10.4. The number of carbonyl (C=O) groups is 1. The van der Waals surface area contributed by atoms with Crippen molar-refractivity contribution in [3.63, 3.8) is 0 Å². The minimum atomic E-state index is -0.973. The average molecular weight is 250 g/mol. The van der Waals surface area contributed by atoms with E-state index in [0.717, 1.165) is 24.5 Å². The molecule has 0 aliphatic carbocycles. The Labute approximate surface area is 107 Å². The number of benzene rings is 1. The van der Waals surface area contributed by atoms with Gasteiger partial charge in [0.15, 0.2) is 11.5 Å². The van der Waals surface area contributed by atoms with Crippen LogP contribution in [-0.2, 0) is 4.79 Å². The van der Waals surface area contributed by atoms with E-state index in [1.165, 1.54) is 6.08 Å².